The number of ether oxygens (including phenoxy) is 2. The average molecular weight is 552 g/mol. The number of aliphatic hydroxyl groups is 1. The van der Waals surface area contributed by atoms with E-state index >= 15 is 0 Å². The predicted molar refractivity (Wildman–Crippen MR) is 152 cm³/mol. The summed E-state index contributed by atoms with van der Waals surface area (Å²) in [6, 6.07) is 0. The Morgan fingerprint density at radius 3 is 2.52 bits per heavy atom. The Morgan fingerprint density at radius 1 is 1.02 bits per heavy atom. The van der Waals surface area contributed by atoms with Crippen molar-refractivity contribution >= 4 is 11.9 Å². The van der Waals surface area contributed by atoms with Crippen LogP contribution in [0.15, 0.2) is 23.8 Å². The molecule has 0 aromatic carbocycles. The summed E-state index contributed by atoms with van der Waals surface area (Å²) in [4.78, 5) is 29.7. The highest BCUT2D eigenvalue weighted by atomic mass is 16.6. The molecule has 2 bridgehead atoms. The van der Waals surface area contributed by atoms with Crippen molar-refractivity contribution in [1.82, 2.24) is 4.90 Å². The maximum absolute atomic E-state index is 14.6. The second-order valence-corrected chi connectivity index (χ2v) is 15.1. The van der Waals surface area contributed by atoms with Crippen LogP contribution >= 0.6 is 0 Å². The molecule has 4 saturated carbocycles. The number of aliphatic hydroxyl groups excluding tert-OH is 1. The lowest BCUT2D eigenvalue weighted by atomic mass is 9.32. The fourth-order valence-corrected chi connectivity index (χ4v) is 11.6. The first-order valence-electron chi connectivity index (χ1n) is 16.3. The van der Waals surface area contributed by atoms with Gasteiger partial charge in [0.25, 0.3) is 0 Å². The van der Waals surface area contributed by atoms with E-state index in [4.69, 9.17) is 9.47 Å². The lowest BCUT2D eigenvalue weighted by Gasteiger charge is -2.71. The quantitative estimate of drug-likeness (QED) is 0.313. The van der Waals surface area contributed by atoms with Crippen LogP contribution in [0, 0.1) is 39.4 Å². The normalized spacial score (nSPS) is 47.6. The van der Waals surface area contributed by atoms with Crippen LogP contribution in [-0.2, 0) is 14.3 Å². The van der Waals surface area contributed by atoms with Gasteiger partial charge in [-0.2, -0.15) is 0 Å². The first kappa shape index (κ1) is 27.2. The number of Topliss-reactive ketones (excluding diaryl/α,β-unsaturated/α-hetero) is 1. The van der Waals surface area contributed by atoms with Crippen LogP contribution in [0.3, 0.4) is 0 Å². The zero-order valence-electron chi connectivity index (χ0n) is 24.9. The van der Waals surface area contributed by atoms with Crippen molar-refractivity contribution in [2.45, 2.75) is 109 Å². The minimum Gasteiger partial charge on any atom is -0.440 e. The SMILES string of the molecule is COCCCN1CC2(CCC3C45C=CC6(C=C4C(=O)C4CCCCC4)CC(O)CCC6(C)C5CCC32C)OC1=O. The average Bonchev–Trinajstić information content (AvgIpc) is 3.43. The second-order valence-electron chi connectivity index (χ2n) is 15.1. The van der Waals surface area contributed by atoms with Crippen molar-refractivity contribution in [1.29, 1.82) is 0 Å². The lowest BCUT2D eigenvalue weighted by Crippen LogP contribution is -2.67. The van der Waals surface area contributed by atoms with Gasteiger partial charge in [0.05, 0.1) is 12.6 Å². The molecular weight excluding hydrogens is 502 g/mol. The molecule has 3 spiro atoms. The monoisotopic (exact) mass is 551 g/mol. The van der Waals surface area contributed by atoms with Gasteiger partial charge < -0.3 is 19.5 Å². The Bertz CT molecular complexity index is 1140. The van der Waals surface area contributed by atoms with Crippen molar-refractivity contribution in [3.05, 3.63) is 23.8 Å². The van der Waals surface area contributed by atoms with Crippen LogP contribution in [-0.4, -0.2) is 60.4 Å². The zero-order valence-corrected chi connectivity index (χ0v) is 24.9. The van der Waals surface area contributed by atoms with E-state index in [0.717, 1.165) is 82.6 Å². The summed E-state index contributed by atoms with van der Waals surface area (Å²) in [5.74, 6) is 1.17. The van der Waals surface area contributed by atoms with Crippen molar-refractivity contribution in [2.75, 3.05) is 26.8 Å². The van der Waals surface area contributed by atoms with E-state index in [-0.39, 0.29) is 45.7 Å². The van der Waals surface area contributed by atoms with Crippen molar-refractivity contribution in [3.63, 3.8) is 0 Å². The van der Waals surface area contributed by atoms with Gasteiger partial charge in [-0.05, 0) is 81.5 Å². The van der Waals surface area contributed by atoms with Crippen molar-refractivity contribution in [3.8, 4) is 0 Å². The summed E-state index contributed by atoms with van der Waals surface area (Å²) in [6.07, 6.45) is 19.7. The summed E-state index contributed by atoms with van der Waals surface area (Å²) in [6.45, 7) is 6.81. The van der Waals surface area contributed by atoms with Gasteiger partial charge in [0.2, 0.25) is 0 Å². The van der Waals surface area contributed by atoms with Crippen LogP contribution in [0.4, 0.5) is 4.79 Å². The number of hydrogen-bond donors (Lipinski definition) is 1. The number of carbonyl (C=O) groups excluding carboxylic acids is 2. The number of methoxy groups -OCH3 is 1. The van der Waals surface area contributed by atoms with Crippen LogP contribution in [0.1, 0.15) is 97.3 Å². The first-order valence-corrected chi connectivity index (χ1v) is 16.3. The van der Waals surface area contributed by atoms with Gasteiger partial charge in [-0.15, -0.1) is 0 Å². The fraction of sp³-hybridized carbons (Fsp3) is 0.824. The van der Waals surface area contributed by atoms with Gasteiger partial charge in [-0.1, -0.05) is 51.3 Å². The summed E-state index contributed by atoms with van der Waals surface area (Å²) in [5, 5.41) is 10.9. The molecule has 1 N–H and O–H groups in total. The maximum Gasteiger partial charge on any atom is 0.410 e. The van der Waals surface area contributed by atoms with E-state index in [1.54, 1.807) is 7.11 Å². The number of allylic oxidation sites excluding steroid dienone is 4. The Morgan fingerprint density at radius 2 is 1.75 bits per heavy atom. The Labute approximate surface area is 239 Å². The molecule has 8 aliphatic rings. The van der Waals surface area contributed by atoms with Gasteiger partial charge >= 0.3 is 6.09 Å². The molecule has 6 nitrogen and oxygen atoms in total. The van der Waals surface area contributed by atoms with Crippen molar-refractivity contribution in [2.24, 2.45) is 39.4 Å². The topological polar surface area (TPSA) is 76.1 Å². The molecule has 1 heterocycles. The molecule has 0 radical (unpaired) electrons. The third kappa shape index (κ3) is 3.35. The van der Waals surface area contributed by atoms with Gasteiger partial charge in [0.1, 0.15) is 5.60 Å². The third-order valence-electron chi connectivity index (χ3n) is 13.7. The molecule has 7 aliphatic carbocycles. The molecule has 8 unspecified atom stereocenters. The molecule has 0 aromatic heterocycles. The molecular formula is C34H49NO5. The zero-order chi connectivity index (χ0) is 28.0. The van der Waals surface area contributed by atoms with E-state index in [1.165, 1.54) is 6.42 Å². The highest BCUT2D eigenvalue weighted by molar-refractivity contribution is 6.00. The van der Waals surface area contributed by atoms with E-state index in [9.17, 15) is 14.7 Å². The van der Waals surface area contributed by atoms with Crippen LogP contribution in [0.25, 0.3) is 0 Å². The molecule has 5 fully saturated rings. The number of fused-ring (bicyclic) bond motifs is 2. The minimum atomic E-state index is -0.496. The lowest BCUT2D eigenvalue weighted by molar-refractivity contribution is -0.169. The highest BCUT2D eigenvalue weighted by Crippen LogP contribution is 2.79. The predicted octanol–water partition coefficient (Wildman–Crippen LogP) is 6.22. The van der Waals surface area contributed by atoms with E-state index < -0.39 is 5.60 Å². The maximum atomic E-state index is 14.6. The largest absolute Gasteiger partial charge is 0.440 e. The molecule has 6 heteroatoms. The van der Waals surface area contributed by atoms with Crippen LogP contribution in [0.5, 0.6) is 0 Å². The molecule has 1 amide bonds. The molecule has 1 saturated heterocycles. The number of amides is 1. The summed E-state index contributed by atoms with van der Waals surface area (Å²) < 4.78 is 11.7. The van der Waals surface area contributed by atoms with E-state index in [2.05, 4.69) is 32.1 Å². The van der Waals surface area contributed by atoms with E-state index in [0.29, 0.717) is 31.4 Å². The second kappa shape index (κ2) is 9.17. The van der Waals surface area contributed by atoms with Gasteiger partial charge in [-0.25, -0.2) is 4.79 Å². The smallest absolute Gasteiger partial charge is 0.410 e. The van der Waals surface area contributed by atoms with E-state index in [1.807, 2.05) is 4.90 Å². The number of carbonyl (C=O) groups is 2. The molecule has 40 heavy (non-hydrogen) atoms. The standard InChI is InChI=1S/C34H49NO5/c1-30-13-10-24(36)20-32(30)16-17-34(25(21-32)28(37)23-8-5-4-6-9-23)26(30)11-14-31(2)27(34)12-15-33(31)22-35(29(38)40-33)18-7-19-39-3/h16-17,21,23-24,26-27,36H,4-15,18-20,22H2,1-3H3. The molecule has 8 atom stereocenters. The minimum absolute atomic E-state index is 0.0347. The van der Waals surface area contributed by atoms with Gasteiger partial charge in [-0.3, -0.25) is 4.79 Å². The third-order valence-corrected chi connectivity index (χ3v) is 13.7. The van der Waals surface area contributed by atoms with Crippen LogP contribution in [0.2, 0.25) is 0 Å². The van der Waals surface area contributed by atoms with Crippen LogP contribution < -0.4 is 0 Å². The molecule has 220 valence electrons. The summed E-state index contributed by atoms with van der Waals surface area (Å²) in [5.41, 5.74) is -0.115. The Balaban J connectivity index is 1.31. The summed E-state index contributed by atoms with van der Waals surface area (Å²) >= 11 is 0. The van der Waals surface area contributed by atoms with Gasteiger partial charge in [0, 0.05) is 48.0 Å². The Hall–Kier alpha value is -1.66. The van der Waals surface area contributed by atoms with Crippen molar-refractivity contribution < 1.29 is 24.2 Å². The number of rotatable bonds is 6. The highest BCUT2D eigenvalue weighted by Gasteiger charge is 2.76. The molecule has 1 aliphatic heterocycles. The number of hydrogen-bond acceptors (Lipinski definition) is 5. The summed E-state index contributed by atoms with van der Waals surface area (Å²) in [7, 11) is 1.70. The Kier molecular flexibility index (Phi) is 6.23. The first-order chi connectivity index (χ1) is 19.1. The molecule has 8 rings (SSSR count). The number of nitrogens with zero attached hydrogens (tertiary/aromatic N) is 1. The molecule has 0 aromatic rings. The number of ketones is 1. The fourth-order valence-electron chi connectivity index (χ4n) is 11.6. The van der Waals surface area contributed by atoms with Gasteiger partial charge in [0.15, 0.2) is 5.78 Å².